The van der Waals surface area contributed by atoms with Crippen molar-refractivity contribution in [3.8, 4) is 5.75 Å². The van der Waals surface area contributed by atoms with Crippen LogP contribution >= 0.6 is 11.6 Å². The third kappa shape index (κ3) is 3.78. The molecule has 2 nitrogen and oxygen atoms in total. The van der Waals surface area contributed by atoms with Gasteiger partial charge in [-0.05, 0) is 60.7 Å². The topological polar surface area (TPSA) is 35.2 Å². The van der Waals surface area contributed by atoms with Crippen LogP contribution in [0.4, 0.5) is 0 Å². The zero-order valence-corrected chi connectivity index (χ0v) is 13.6. The lowest BCUT2D eigenvalue weighted by atomic mass is 9.96. The van der Waals surface area contributed by atoms with Crippen LogP contribution in [0.2, 0.25) is 5.02 Å². The van der Waals surface area contributed by atoms with Crippen molar-refractivity contribution in [2.75, 3.05) is 6.61 Å². The number of halogens is 1. The lowest BCUT2D eigenvalue weighted by Crippen LogP contribution is -2.13. The first kappa shape index (κ1) is 15.9. The highest BCUT2D eigenvalue weighted by Crippen LogP contribution is 2.30. The van der Waals surface area contributed by atoms with Crippen molar-refractivity contribution in [2.24, 2.45) is 5.73 Å². The number of nitrogens with two attached hydrogens (primary N) is 1. The lowest BCUT2D eigenvalue weighted by molar-refractivity contribution is 0.317. The predicted molar refractivity (Wildman–Crippen MR) is 89.2 cm³/mol. The van der Waals surface area contributed by atoms with Gasteiger partial charge in [-0.15, -0.1) is 0 Å². The van der Waals surface area contributed by atoms with E-state index in [1.807, 2.05) is 30.3 Å². The van der Waals surface area contributed by atoms with Gasteiger partial charge in [-0.1, -0.05) is 36.7 Å². The average Bonchev–Trinajstić information content (AvgIpc) is 2.48. The maximum Gasteiger partial charge on any atom is 0.119 e. The highest BCUT2D eigenvalue weighted by molar-refractivity contribution is 6.31. The predicted octanol–water partition coefficient (Wildman–Crippen LogP) is 4.79. The molecule has 1 unspecified atom stereocenters. The van der Waals surface area contributed by atoms with E-state index in [1.165, 1.54) is 11.1 Å². The van der Waals surface area contributed by atoms with Gasteiger partial charge in [-0.2, -0.15) is 0 Å². The zero-order chi connectivity index (χ0) is 15.4. The SMILES string of the molecule is CCCOc1cccc(C(N)c2cc(C)c(C)cc2Cl)c1. The first-order valence-electron chi connectivity index (χ1n) is 7.28. The van der Waals surface area contributed by atoms with E-state index in [2.05, 4.69) is 26.8 Å². The Morgan fingerprint density at radius 1 is 1.14 bits per heavy atom. The first-order valence-corrected chi connectivity index (χ1v) is 7.65. The number of aryl methyl sites for hydroxylation is 2. The van der Waals surface area contributed by atoms with E-state index in [0.29, 0.717) is 11.6 Å². The summed E-state index contributed by atoms with van der Waals surface area (Å²) in [5.74, 6) is 0.852. The Labute approximate surface area is 131 Å². The molecule has 2 aromatic rings. The molecule has 0 bridgehead atoms. The Morgan fingerprint density at radius 3 is 2.57 bits per heavy atom. The fourth-order valence-corrected chi connectivity index (χ4v) is 2.57. The van der Waals surface area contributed by atoms with Crippen molar-refractivity contribution >= 4 is 11.6 Å². The van der Waals surface area contributed by atoms with Crippen LogP contribution in [-0.4, -0.2) is 6.61 Å². The molecule has 0 aliphatic heterocycles. The Hall–Kier alpha value is -1.51. The van der Waals surface area contributed by atoms with Crippen molar-refractivity contribution in [2.45, 2.75) is 33.2 Å². The Bertz CT molecular complexity index is 625. The highest BCUT2D eigenvalue weighted by Gasteiger charge is 2.14. The zero-order valence-electron chi connectivity index (χ0n) is 12.8. The normalized spacial score (nSPS) is 12.2. The van der Waals surface area contributed by atoms with E-state index in [0.717, 1.165) is 23.3 Å². The van der Waals surface area contributed by atoms with Crippen molar-refractivity contribution < 1.29 is 4.74 Å². The molecular formula is C18H22ClNO. The van der Waals surface area contributed by atoms with Crippen molar-refractivity contribution in [1.29, 1.82) is 0 Å². The van der Waals surface area contributed by atoms with Gasteiger partial charge >= 0.3 is 0 Å². The number of ether oxygens (including phenoxy) is 1. The largest absolute Gasteiger partial charge is 0.494 e. The molecule has 2 N–H and O–H groups in total. The summed E-state index contributed by atoms with van der Waals surface area (Å²) >= 11 is 6.36. The third-order valence-corrected chi connectivity index (χ3v) is 3.97. The molecule has 3 heteroatoms. The van der Waals surface area contributed by atoms with Crippen LogP contribution in [0.25, 0.3) is 0 Å². The van der Waals surface area contributed by atoms with E-state index in [9.17, 15) is 0 Å². The average molecular weight is 304 g/mol. The summed E-state index contributed by atoms with van der Waals surface area (Å²) < 4.78 is 5.67. The minimum Gasteiger partial charge on any atom is -0.494 e. The first-order chi connectivity index (χ1) is 10.0. The number of rotatable bonds is 5. The summed E-state index contributed by atoms with van der Waals surface area (Å²) in [4.78, 5) is 0. The van der Waals surface area contributed by atoms with Crippen molar-refractivity contribution in [3.63, 3.8) is 0 Å². The van der Waals surface area contributed by atoms with Crippen LogP contribution in [-0.2, 0) is 0 Å². The fraction of sp³-hybridized carbons (Fsp3) is 0.333. The maximum absolute atomic E-state index is 6.39. The summed E-state index contributed by atoms with van der Waals surface area (Å²) in [5, 5.41) is 0.713. The summed E-state index contributed by atoms with van der Waals surface area (Å²) in [7, 11) is 0. The van der Waals surface area contributed by atoms with Gasteiger partial charge in [0, 0.05) is 5.02 Å². The van der Waals surface area contributed by atoms with E-state index in [4.69, 9.17) is 22.1 Å². The van der Waals surface area contributed by atoms with Crippen LogP contribution in [0.1, 0.15) is 41.6 Å². The van der Waals surface area contributed by atoms with Gasteiger partial charge in [-0.25, -0.2) is 0 Å². The smallest absolute Gasteiger partial charge is 0.119 e. The molecule has 112 valence electrons. The molecule has 21 heavy (non-hydrogen) atoms. The molecule has 0 fully saturated rings. The monoisotopic (exact) mass is 303 g/mol. The van der Waals surface area contributed by atoms with Gasteiger partial charge in [0.2, 0.25) is 0 Å². The minimum absolute atomic E-state index is 0.248. The van der Waals surface area contributed by atoms with Crippen LogP contribution in [0.15, 0.2) is 36.4 Å². The molecular weight excluding hydrogens is 282 g/mol. The van der Waals surface area contributed by atoms with Crippen LogP contribution in [0, 0.1) is 13.8 Å². The van der Waals surface area contributed by atoms with Crippen LogP contribution in [0.3, 0.4) is 0 Å². The molecule has 2 rings (SSSR count). The van der Waals surface area contributed by atoms with E-state index >= 15 is 0 Å². The second-order valence-corrected chi connectivity index (χ2v) is 5.76. The molecule has 1 atom stereocenters. The Morgan fingerprint density at radius 2 is 1.86 bits per heavy atom. The third-order valence-electron chi connectivity index (χ3n) is 3.64. The second kappa shape index (κ2) is 6.97. The van der Waals surface area contributed by atoms with E-state index < -0.39 is 0 Å². The van der Waals surface area contributed by atoms with Crippen molar-refractivity contribution in [1.82, 2.24) is 0 Å². The summed E-state index contributed by atoms with van der Waals surface area (Å²) in [6.45, 7) is 6.92. The molecule has 0 spiro atoms. The quantitative estimate of drug-likeness (QED) is 0.861. The summed E-state index contributed by atoms with van der Waals surface area (Å²) in [6.07, 6.45) is 0.985. The van der Waals surface area contributed by atoms with Crippen molar-refractivity contribution in [3.05, 3.63) is 63.7 Å². The maximum atomic E-state index is 6.39. The van der Waals surface area contributed by atoms with Gasteiger partial charge < -0.3 is 10.5 Å². The molecule has 0 amide bonds. The fourth-order valence-electron chi connectivity index (χ4n) is 2.24. The molecule has 0 heterocycles. The molecule has 0 radical (unpaired) electrons. The summed E-state index contributed by atoms with van der Waals surface area (Å²) in [5.41, 5.74) is 10.7. The van der Waals surface area contributed by atoms with Crippen LogP contribution in [0.5, 0.6) is 5.75 Å². The molecule has 0 aliphatic carbocycles. The standard InChI is InChI=1S/C18H22ClNO/c1-4-8-21-15-7-5-6-14(11-15)18(20)16-9-12(2)13(3)10-17(16)19/h5-7,9-11,18H,4,8,20H2,1-3H3. The van der Waals surface area contributed by atoms with Gasteiger partial charge in [0.05, 0.1) is 12.6 Å². The molecule has 0 saturated carbocycles. The molecule has 0 saturated heterocycles. The molecule has 0 aliphatic rings. The van der Waals surface area contributed by atoms with Gasteiger partial charge in [0.15, 0.2) is 0 Å². The number of hydrogen-bond acceptors (Lipinski definition) is 2. The van der Waals surface area contributed by atoms with Gasteiger partial charge in [0.1, 0.15) is 5.75 Å². The summed E-state index contributed by atoms with van der Waals surface area (Å²) in [6, 6.07) is 11.7. The van der Waals surface area contributed by atoms with Crippen LogP contribution < -0.4 is 10.5 Å². The number of benzene rings is 2. The Balaban J connectivity index is 2.31. The highest BCUT2D eigenvalue weighted by atomic mass is 35.5. The Kier molecular flexibility index (Phi) is 5.27. The lowest BCUT2D eigenvalue weighted by Gasteiger charge is -2.17. The second-order valence-electron chi connectivity index (χ2n) is 5.36. The van der Waals surface area contributed by atoms with E-state index in [-0.39, 0.29) is 6.04 Å². The van der Waals surface area contributed by atoms with E-state index in [1.54, 1.807) is 0 Å². The molecule has 0 aromatic heterocycles. The van der Waals surface area contributed by atoms with Gasteiger partial charge in [-0.3, -0.25) is 0 Å². The van der Waals surface area contributed by atoms with Gasteiger partial charge in [0.25, 0.3) is 0 Å². The number of hydrogen-bond donors (Lipinski definition) is 1. The minimum atomic E-state index is -0.248. The molecule has 2 aromatic carbocycles.